The molecule has 0 bridgehead atoms. The number of hydrogen-bond donors (Lipinski definition) is 5. The van der Waals surface area contributed by atoms with E-state index in [1.807, 2.05) is 96.5 Å². The van der Waals surface area contributed by atoms with Crippen molar-refractivity contribution in [2.75, 3.05) is 30.8 Å². The standard InChI is InChI=1S/C28H35N9O.C27H33N9O/c1-19-11-20(7-8-21(19)14-29-27(38)22-15-32-37(16-22)28(2,3)4)24-13-25(31-18-30-24)33-26-12-23-17-35(5)9-6-10-36(23)34-26;1-18-10-19(6-7-20(18)13-29-26(37)21-14-32-36(16-21)27(2,3)4)23-12-24(31-17-30-23)33-25-11-22-15-28-8-5-9-35(22)34-25/h7-8,11-13,15-16,18H,6,9-10,14,17H2,1-5H3,(H,29,38)(H,30,31,33,34);6-7,10-12,14,16-17,28H,5,8-9,13,15H2,1-4H3,(H,29,37)(H,30,31,33,34). The number of carbonyl (C=O) groups is 2. The summed E-state index contributed by atoms with van der Waals surface area (Å²) in [6.07, 6.45) is 12.0. The van der Waals surface area contributed by atoms with Crippen LogP contribution in [0.1, 0.15) is 109 Å². The zero-order valence-corrected chi connectivity index (χ0v) is 44.4. The van der Waals surface area contributed by atoms with Crippen LogP contribution in [0.2, 0.25) is 0 Å². The van der Waals surface area contributed by atoms with Crippen LogP contribution < -0.4 is 26.6 Å². The molecule has 0 fully saturated rings. The molecule has 5 N–H and O–H groups in total. The molecule has 2 aliphatic heterocycles. The van der Waals surface area contributed by atoms with Crippen LogP contribution >= 0.6 is 0 Å². The molecule has 0 spiro atoms. The monoisotopic (exact) mass is 1010 g/mol. The van der Waals surface area contributed by atoms with Gasteiger partial charge in [0, 0.05) is 93.6 Å². The number of rotatable bonds is 12. The van der Waals surface area contributed by atoms with E-state index in [0.29, 0.717) is 35.9 Å². The van der Waals surface area contributed by atoms with Gasteiger partial charge in [-0.25, -0.2) is 19.9 Å². The fourth-order valence-electron chi connectivity index (χ4n) is 8.81. The molecule has 75 heavy (non-hydrogen) atoms. The first-order valence-corrected chi connectivity index (χ1v) is 25.5. The van der Waals surface area contributed by atoms with Gasteiger partial charge in [-0.3, -0.25) is 28.3 Å². The summed E-state index contributed by atoms with van der Waals surface area (Å²) in [6.45, 7) is 22.8. The van der Waals surface area contributed by atoms with E-state index in [4.69, 9.17) is 5.10 Å². The lowest BCUT2D eigenvalue weighted by Gasteiger charge is -2.18. The highest BCUT2D eigenvalue weighted by Gasteiger charge is 2.20. The maximum atomic E-state index is 12.6. The Morgan fingerprint density at radius 3 is 1.59 bits per heavy atom. The van der Waals surface area contributed by atoms with E-state index in [9.17, 15) is 9.59 Å². The molecule has 0 saturated heterocycles. The molecule has 0 saturated carbocycles. The molecule has 8 heterocycles. The van der Waals surface area contributed by atoms with Crippen LogP contribution in [0.25, 0.3) is 22.5 Å². The van der Waals surface area contributed by atoms with Crippen molar-refractivity contribution in [3.63, 3.8) is 0 Å². The van der Waals surface area contributed by atoms with Crippen LogP contribution in [0.15, 0.2) is 98.1 Å². The van der Waals surface area contributed by atoms with Gasteiger partial charge in [0.05, 0.1) is 57.4 Å². The third-order valence-corrected chi connectivity index (χ3v) is 13.2. The molecule has 0 radical (unpaired) electrons. The second-order valence-electron chi connectivity index (χ2n) is 21.3. The van der Waals surface area contributed by atoms with Gasteiger partial charge in [0.25, 0.3) is 11.8 Å². The minimum absolute atomic E-state index is 0.140. The number of carbonyl (C=O) groups excluding carboxylic acids is 2. The topological polar surface area (TPSA) is 220 Å². The lowest BCUT2D eigenvalue weighted by atomic mass is 10.0. The van der Waals surface area contributed by atoms with Gasteiger partial charge in [-0.15, -0.1) is 0 Å². The first-order valence-electron chi connectivity index (χ1n) is 25.5. The van der Waals surface area contributed by atoms with E-state index in [-0.39, 0.29) is 22.9 Å². The minimum Gasteiger partial charge on any atom is -0.348 e. The normalized spacial score (nSPS) is 13.9. The van der Waals surface area contributed by atoms with Crippen molar-refractivity contribution < 1.29 is 9.59 Å². The smallest absolute Gasteiger partial charge is 0.254 e. The maximum absolute atomic E-state index is 12.6. The van der Waals surface area contributed by atoms with Crippen molar-refractivity contribution in [3.8, 4) is 22.5 Å². The third-order valence-electron chi connectivity index (χ3n) is 13.2. The van der Waals surface area contributed by atoms with Crippen LogP contribution in [-0.4, -0.2) is 95.9 Å². The van der Waals surface area contributed by atoms with E-state index >= 15 is 0 Å². The van der Waals surface area contributed by atoms with Gasteiger partial charge < -0.3 is 31.5 Å². The van der Waals surface area contributed by atoms with Crippen LogP contribution in [0.4, 0.5) is 23.3 Å². The van der Waals surface area contributed by atoms with Gasteiger partial charge >= 0.3 is 0 Å². The predicted octanol–water partition coefficient (Wildman–Crippen LogP) is 7.88. The number of hydrogen-bond acceptors (Lipinski definition) is 14. The Labute approximate surface area is 437 Å². The fraction of sp³-hybridized carbons (Fsp3) is 0.382. The second-order valence-corrected chi connectivity index (χ2v) is 21.3. The number of nitrogens with one attached hydrogen (secondary N) is 5. The summed E-state index contributed by atoms with van der Waals surface area (Å²) in [4.78, 5) is 45.3. The molecule has 20 nitrogen and oxygen atoms in total. The molecule has 20 heteroatoms. The number of aryl methyl sites for hydroxylation is 4. The number of fused-ring (bicyclic) bond motifs is 2. The Kier molecular flexibility index (Phi) is 15.3. The van der Waals surface area contributed by atoms with Gasteiger partial charge in [-0.2, -0.15) is 20.4 Å². The molecule has 6 aromatic heterocycles. The molecule has 0 atom stereocenters. The van der Waals surface area contributed by atoms with Crippen molar-refractivity contribution >= 4 is 35.1 Å². The first kappa shape index (κ1) is 51.8. The largest absolute Gasteiger partial charge is 0.348 e. The van der Waals surface area contributed by atoms with Gasteiger partial charge in [0.15, 0.2) is 11.6 Å². The fourth-order valence-corrected chi connectivity index (χ4v) is 8.81. The van der Waals surface area contributed by atoms with Crippen molar-refractivity contribution in [2.45, 2.75) is 119 Å². The number of benzene rings is 2. The Morgan fingerprint density at radius 2 is 1.09 bits per heavy atom. The SMILES string of the molecule is Cc1cc(-c2cc(Nc3cc4n(n3)CCCN(C)C4)ncn2)ccc1CNC(=O)c1cnn(C(C)(C)C)c1.Cc1cc(-c2cc(Nc3cc4n(n3)CCCNC4)ncn2)ccc1CNC(=O)c1cnn(C(C)(C)C)c1. The molecule has 2 amide bonds. The summed E-state index contributed by atoms with van der Waals surface area (Å²) in [5.74, 6) is 2.67. The summed E-state index contributed by atoms with van der Waals surface area (Å²) >= 11 is 0. The average molecular weight is 1010 g/mol. The van der Waals surface area contributed by atoms with Crippen LogP contribution in [0, 0.1) is 13.8 Å². The Morgan fingerprint density at radius 1 is 0.600 bits per heavy atom. The zero-order valence-electron chi connectivity index (χ0n) is 44.4. The molecule has 2 aliphatic rings. The van der Waals surface area contributed by atoms with E-state index in [0.717, 1.165) is 114 Å². The van der Waals surface area contributed by atoms with Crippen molar-refractivity contribution in [2.24, 2.45) is 0 Å². The Hall–Kier alpha value is -8.10. The highest BCUT2D eigenvalue weighted by atomic mass is 16.2. The first-order chi connectivity index (χ1) is 35.9. The van der Waals surface area contributed by atoms with Gasteiger partial charge in [0.1, 0.15) is 24.3 Å². The van der Waals surface area contributed by atoms with Gasteiger partial charge in [0.2, 0.25) is 0 Å². The van der Waals surface area contributed by atoms with Crippen LogP contribution in [0.3, 0.4) is 0 Å². The van der Waals surface area contributed by atoms with E-state index in [1.54, 1.807) is 46.8 Å². The minimum atomic E-state index is -0.171. The number of aromatic nitrogens is 12. The summed E-state index contributed by atoms with van der Waals surface area (Å²) in [5, 5.41) is 34.1. The van der Waals surface area contributed by atoms with E-state index < -0.39 is 0 Å². The molecule has 8 aromatic rings. The van der Waals surface area contributed by atoms with Gasteiger partial charge in [-0.05, 0) is 116 Å². The third kappa shape index (κ3) is 13.0. The van der Waals surface area contributed by atoms with E-state index in [2.05, 4.69) is 103 Å². The van der Waals surface area contributed by atoms with E-state index in [1.165, 1.54) is 5.69 Å². The number of anilines is 4. The molecular formula is C55H68N18O2. The quantitative estimate of drug-likeness (QED) is 0.0787. The van der Waals surface area contributed by atoms with Crippen molar-refractivity contribution in [1.82, 2.24) is 79.9 Å². The molecule has 0 aliphatic carbocycles. The van der Waals surface area contributed by atoms with Crippen molar-refractivity contribution in [3.05, 3.63) is 143 Å². The molecule has 2 aromatic carbocycles. The summed E-state index contributed by atoms with van der Waals surface area (Å²) in [6, 6.07) is 20.3. The predicted molar refractivity (Wildman–Crippen MR) is 289 cm³/mol. The maximum Gasteiger partial charge on any atom is 0.254 e. The summed E-state index contributed by atoms with van der Waals surface area (Å²) in [7, 11) is 2.14. The highest BCUT2D eigenvalue weighted by molar-refractivity contribution is 5.94. The lowest BCUT2D eigenvalue weighted by molar-refractivity contribution is 0.0942. The molecule has 390 valence electrons. The van der Waals surface area contributed by atoms with Gasteiger partial charge in [-0.1, -0.05) is 24.3 Å². The Balaban J connectivity index is 0.000000184. The average Bonchev–Trinajstić information content (AvgIpc) is 4.18. The molecular weight excluding hydrogens is 945 g/mol. The lowest BCUT2D eigenvalue weighted by Crippen LogP contribution is -2.24. The summed E-state index contributed by atoms with van der Waals surface area (Å²) < 4.78 is 7.72. The molecule has 10 rings (SSSR count). The van der Waals surface area contributed by atoms with Crippen molar-refractivity contribution in [1.29, 1.82) is 0 Å². The second kappa shape index (κ2) is 22.2. The zero-order chi connectivity index (χ0) is 52.9. The van der Waals surface area contributed by atoms with Crippen LogP contribution in [-0.2, 0) is 50.3 Å². The Bertz CT molecular complexity index is 3270. The van der Waals surface area contributed by atoms with Crippen LogP contribution in [0.5, 0.6) is 0 Å². The highest BCUT2D eigenvalue weighted by Crippen LogP contribution is 2.27. The number of nitrogens with zero attached hydrogens (tertiary/aromatic N) is 13. The summed E-state index contributed by atoms with van der Waals surface area (Å²) in [5.41, 5.74) is 10.9. The molecule has 0 unspecified atom stereocenters. The number of amides is 2.